The monoisotopic (exact) mass is 621 g/mol. The van der Waals surface area contributed by atoms with Crippen LogP contribution in [0.3, 0.4) is 0 Å². The van der Waals surface area contributed by atoms with E-state index in [1.54, 1.807) is 6.07 Å². The number of aromatic nitrogens is 1. The van der Waals surface area contributed by atoms with Crippen LogP contribution in [0.5, 0.6) is 11.5 Å². The summed E-state index contributed by atoms with van der Waals surface area (Å²) in [6.45, 7) is 5.92. The third-order valence-corrected chi connectivity index (χ3v) is 10.0. The number of ether oxygens (including phenoxy) is 1. The number of aliphatic hydroxyl groups is 2. The number of benzene rings is 1. The van der Waals surface area contributed by atoms with Crippen LogP contribution in [0.2, 0.25) is 0 Å². The van der Waals surface area contributed by atoms with Crippen molar-refractivity contribution in [3.05, 3.63) is 69.9 Å². The minimum absolute atomic E-state index is 0.00170. The Morgan fingerprint density at radius 1 is 1.07 bits per heavy atom. The van der Waals surface area contributed by atoms with Gasteiger partial charge in [0.05, 0.1) is 19.3 Å². The number of nitrogens with one attached hydrogen (secondary N) is 3. The van der Waals surface area contributed by atoms with Gasteiger partial charge < -0.3 is 40.1 Å². The van der Waals surface area contributed by atoms with Gasteiger partial charge in [-0.05, 0) is 93.3 Å². The Hall–Kier alpha value is -2.78. The molecule has 3 aromatic rings. The summed E-state index contributed by atoms with van der Waals surface area (Å²) >= 11 is 0. The van der Waals surface area contributed by atoms with E-state index >= 15 is 0 Å². The lowest BCUT2D eigenvalue weighted by molar-refractivity contribution is 0.175. The zero-order valence-corrected chi connectivity index (χ0v) is 27.5. The van der Waals surface area contributed by atoms with E-state index in [0.717, 1.165) is 80.1 Å². The fourth-order valence-electron chi connectivity index (χ4n) is 7.76. The Kier molecular flexibility index (Phi) is 12.1. The van der Waals surface area contributed by atoms with Crippen LogP contribution in [0.4, 0.5) is 0 Å². The highest BCUT2D eigenvalue weighted by Crippen LogP contribution is 2.48. The van der Waals surface area contributed by atoms with Crippen molar-refractivity contribution in [3.63, 3.8) is 0 Å². The second kappa shape index (κ2) is 16.2. The lowest BCUT2D eigenvalue weighted by Gasteiger charge is -2.35. The SMILES string of the molecule is CCCCc1oc(CCc2ccc(O)c(OCCc3cc4c([nH]3)CCC3CCCC3C4C(CNC)NCC(C)O)c2)cc1CO. The summed E-state index contributed by atoms with van der Waals surface area (Å²) in [5.41, 5.74) is 5.92. The standard InChI is InChI=1S/C37H55N3O5/c1-4-5-9-35-27(23-41)19-29(45-35)13-10-25-11-15-34(43)36(18-25)44-17-16-28-20-31-32(40-28)14-12-26-7-6-8-30(26)37(31)33(22-38-3)39-21-24(2)42/h11,15,18-20,24,26,30,33,37-43H,4-10,12-14,16-17,21-23H2,1-3H3. The third kappa shape index (κ3) is 8.53. The highest BCUT2D eigenvalue weighted by atomic mass is 16.5. The summed E-state index contributed by atoms with van der Waals surface area (Å²) in [5, 5.41) is 37.4. The van der Waals surface area contributed by atoms with Gasteiger partial charge in [-0.3, -0.25) is 0 Å². The number of aromatic amines is 1. The molecular weight excluding hydrogens is 566 g/mol. The van der Waals surface area contributed by atoms with Crippen LogP contribution >= 0.6 is 0 Å². The molecule has 0 saturated heterocycles. The Morgan fingerprint density at radius 2 is 1.93 bits per heavy atom. The molecule has 2 aromatic heterocycles. The van der Waals surface area contributed by atoms with Gasteiger partial charge in [0, 0.05) is 61.3 Å². The maximum absolute atomic E-state index is 10.5. The molecular formula is C37H55N3O5. The molecule has 2 aliphatic carbocycles. The van der Waals surface area contributed by atoms with Gasteiger partial charge in [-0.15, -0.1) is 0 Å². The first kappa shape index (κ1) is 33.6. The second-order valence-corrected chi connectivity index (χ2v) is 13.4. The fraction of sp³-hybridized carbons (Fsp3) is 0.622. The van der Waals surface area contributed by atoms with Crippen molar-refractivity contribution in [2.75, 3.05) is 26.7 Å². The predicted octanol–water partition coefficient (Wildman–Crippen LogP) is 5.56. The average Bonchev–Trinajstić information content (AvgIpc) is 3.75. The largest absolute Gasteiger partial charge is 0.504 e. The summed E-state index contributed by atoms with van der Waals surface area (Å²) < 4.78 is 12.2. The number of phenols is 1. The van der Waals surface area contributed by atoms with Crippen molar-refractivity contribution >= 4 is 0 Å². The first-order chi connectivity index (χ1) is 21.9. The van der Waals surface area contributed by atoms with E-state index in [1.165, 1.54) is 42.6 Å². The molecule has 6 N–H and O–H groups in total. The zero-order valence-electron chi connectivity index (χ0n) is 27.5. The van der Waals surface area contributed by atoms with Crippen LogP contribution in [-0.4, -0.2) is 59.2 Å². The van der Waals surface area contributed by atoms with Crippen molar-refractivity contribution in [1.82, 2.24) is 15.6 Å². The molecule has 248 valence electrons. The molecule has 0 aliphatic heterocycles. The minimum Gasteiger partial charge on any atom is -0.504 e. The number of hydrogen-bond acceptors (Lipinski definition) is 7. The molecule has 0 bridgehead atoms. The molecule has 0 spiro atoms. The van der Waals surface area contributed by atoms with Crippen LogP contribution in [-0.2, 0) is 38.7 Å². The number of H-pyrrole nitrogens is 1. The molecule has 1 fully saturated rings. The Balaban J connectivity index is 1.23. The predicted molar refractivity (Wildman–Crippen MR) is 178 cm³/mol. The lowest BCUT2D eigenvalue weighted by Crippen LogP contribution is -2.47. The molecule has 1 saturated carbocycles. The molecule has 5 atom stereocenters. The van der Waals surface area contributed by atoms with Gasteiger partial charge in [-0.1, -0.05) is 32.3 Å². The van der Waals surface area contributed by atoms with Crippen molar-refractivity contribution in [2.45, 2.75) is 109 Å². The second-order valence-electron chi connectivity index (χ2n) is 13.4. The van der Waals surface area contributed by atoms with Crippen LogP contribution < -0.4 is 15.4 Å². The highest BCUT2D eigenvalue weighted by Gasteiger charge is 2.41. The normalized spacial score (nSPS) is 20.9. The number of furan rings is 1. The zero-order chi connectivity index (χ0) is 31.8. The van der Waals surface area contributed by atoms with Gasteiger partial charge in [0.15, 0.2) is 11.5 Å². The van der Waals surface area contributed by atoms with E-state index < -0.39 is 0 Å². The fourth-order valence-corrected chi connectivity index (χ4v) is 7.76. The van der Waals surface area contributed by atoms with E-state index in [-0.39, 0.29) is 24.5 Å². The number of fused-ring (bicyclic) bond motifs is 2. The maximum Gasteiger partial charge on any atom is 0.161 e. The van der Waals surface area contributed by atoms with Crippen LogP contribution in [0.15, 0.2) is 34.7 Å². The van der Waals surface area contributed by atoms with Crippen molar-refractivity contribution in [3.8, 4) is 11.5 Å². The van der Waals surface area contributed by atoms with E-state index in [1.807, 2.05) is 32.2 Å². The van der Waals surface area contributed by atoms with Gasteiger partial charge >= 0.3 is 0 Å². The van der Waals surface area contributed by atoms with Gasteiger partial charge in [0.25, 0.3) is 0 Å². The third-order valence-electron chi connectivity index (χ3n) is 10.0. The van der Waals surface area contributed by atoms with E-state index in [2.05, 4.69) is 28.6 Å². The molecule has 0 radical (unpaired) electrons. The van der Waals surface area contributed by atoms with Gasteiger partial charge in [-0.2, -0.15) is 0 Å². The summed E-state index contributed by atoms with van der Waals surface area (Å²) in [7, 11) is 2.01. The number of aromatic hydroxyl groups is 1. The molecule has 0 amide bonds. The van der Waals surface area contributed by atoms with E-state index in [4.69, 9.17) is 9.15 Å². The summed E-state index contributed by atoms with van der Waals surface area (Å²) in [6.07, 6.45) is 11.0. The topological polar surface area (TPSA) is 123 Å². The van der Waals surface area contributed by atoms with Crippen LogP contribution in [0, 0.1) is 11.8 Å². The Bertz CT molecular complexity index is 1350. The molecule has 5 rings (SSSR count). The van der Waals surface area contributed by atoms with E-state index in [9.17, 15) is 15.3 Å². The van der Waals surface area contributed by atoms with Crippen molar-refractivity contribution in [2.24, 2.45) is 11.8 Å². The molecule has 2 heterocycles. The van der Waals surface area contributed by atoms with E-state index in [0.29, 0.717) is 30.7 Å². The van der Waals surface area contributed by atoms with Crippen LogP contribution in [0.1, 0.15) is 97.9 Å². The Labute approximate surface area is 269 Å². The number of hydrogen-bond donors (Lipinski definition) is 6. The van der Waals surface area contributed by atoms with Crippen molar-refractivity contribution in [1.29, 1.82) is 0 Å². The number of phenolic OH excluding ortho intramolecular Hbond substituents is 1. The molecule has 45 heavy (non-hydrogen) atoms. The number of aliphatic hydroxyl groups excluding tert-OH is 2. The number of aryl methyl sites for hydroxylation is 4. The van der Waals surface area contributed by atoms with Gasteiger partial charge in [0.1, 0.15) is 11.5 Å². The molecule has 5 unspecified atom stereocenters. The van der Waals surface area contributed by atoms with Gasteiger partial charge in [-0.25, -0.2) is 0 Å². The molecule has 8 heteroatoms. The Morgan fingerprint density at radius 3 is 2.71 bits per heavy atom. The molecule has 2 aliphatic rings. The summed E-state index contributed by atoms with van der Waals surface area (Å²) in [4.78, 5) is 3.76. The molecule has 1 aromatic carbocycles. The molecule has 8 nitrogen and oxygen atoms in total. The minimum atomic E-state index is -0.379. The van der Waals surface area contributed by atoms with Crippen molar-refractivity contribution < 1.29 is 24.5 Å². The average molecular weight is 622 g/mol. The first-order valence-corrected chi connectivity index (χ1v) is 17.3. The lowest BCUT2D eigenvalue weighted by atomic mass is 9.76. The quantitative estimate of drug-likeness (QED) is 0.117. The summed E-state index contributed by atoms with van der Waals surface area (Å²) in [5.74, 6) is 4.25. The van der Waals surface area contributed by atoms with Crippen LogP contribution in [0.25, 0.3) is 0 Å². The first-order valence-electron chi connectivity index (χ1n) is 17.3. The number of rotatable bonds is 17. The number of likely N-dealkylation sites (N-methyl/N-ethyl adjacent to an activating group) is 1. The maximum atomic E-state index is 10.5. The summed E-state index contributed by atoms with van der Waals surface area (Å²) in [6, 6.07) is 10.2. The van der Waals surface area contributed by atoms with Gasteiger partial charge in [0.2, 0.25) is 0 Å². The highest BCUT2D eigenvalue weighted by molar-refractivity contribution is 5.42. The number of unbranched alkanes of at least 4 members (excludes halogenated alkanes) is 1. The smallest absolute Gasteiger partial charge is 0.161 e.